The molecule has 1 aromatic carbocycles. The summed E-state index contributed by atoms with van der Waals surface area (Å²) >= 11 is 0. The minimum absolute atomic E-state index is 0.160. The summed E-state index contributed by atoms with van der Waals surface area (Å²) in [6, 6.07) is 9.64. The van der Waals surface area contributed by atoms with E-state index in [9.17, 15) is 14.3 Å². The van der Waals surface area contributed by atoms with Gasteiger partial charge in [0.05, 0.1) is 6.26 Å². The van der Waals surface area contributed by atoms with E-state index in [1.54, 1.807) is 37.3 Å². The van der Waals surface area contributed by atoms with Gasteiger partial charge in [-0.25, -0.2) is 4.39 Å². The molecule has 0 saturated heterocycles. The van der Waals surface area contributed by atoms with Gasteiger partial charge in [-0.3, -0.25) is 4.79 Å². The van der Waals surface area contributed by atoms with Crippen molar-refractivity contribution in [1.82, 2.24) is 5.32 Å². The number of hydrogen-bond donors (Lipinski definition) is 2. The molecule has 1 amide bonds. The fraction of sp³-hybridized carbons (Fsp3) is 0.389. The maximum atomic E-state index is 13.6. The lowest BCUT2D eigenvalue weighted by Crippen LogP contribution is -2.38. The summed E-state index contributed by atoms with van der Waals surface area (Å²) in [5.74, 6) is -0.332. The molecule has 2 N–H and O–H groups in total. The molecule has 124 valence electrons. The van der Waals surface area contributed by atoms with E-state index in [-0.39, 0.29) is 23.7 Å². The summed E-state index contributed by atoms with van der Waals surface area (Å²) in [5, 5.41) is 12.9. The predicted octanol–water partition coefficient (Wildman–Crippen LogP) is 3.23. The lowest BCUT2D eigenvalue weighted by Gasteiger charge is -2.19. The van der Waals surface area contributed by atoms with Crippen LogP contribution in [0.3, 0.4) is 0 Å². The number of nitrogens with one attached hydrogen (secondary N) is 1. The van der Waals surface area contributed by atoms with Crippen molar-refractivity contribution in [3.05, 3.63) is 59.8 Å². The monoisotopic (exact) mass is 319 g/mol. The van der Waals surface area contributed by atoms with Crippen LogP contribution in [0.1, 0.15) is 37.7 Å². The molecule has 1 heterocycles. The average molecular weight is 319 g/mol. The fourth-order valence-corrected chi connectivity index (χ4v) is 2.46. The molecule has 2 aromatic rings. The lowest BCUT2D eigenvalue weighted by molar-refractivity contribution is -0.125. The quantitative estimate of drug-likeness (QED) is 0.823. The van der Waals surface area contributed by atoms with Gasteiger partial charge in [0.25, 0.3) is 0 Å². The Morgan fingerprint density at radius 1 is 1.26 bits per heavy atom. The maximum absolute atomic E-state index is 13.6. The SMILES string of the molecule is CC(CC(O)c1ccco1)NC(=O)C(C)Cc1ccccc1F. The van der Waals surface area contributed by atoms with Gasteiger partial charge in [-0.1, -0.05) is 25.1 Å². The number of carbonyl (C=O) groups excluding carboxylic acids is 1. The zero-order valence-corrected chi connectivity index (χ0v) is 13.3. The number of benzene rings is 1. The molecule has 4 nitrogen and oxygen atoms in total. The van der Waals surface area contributed by atoms with Crippen LogP contribution in [-0.2, 0) is 11.2 Å². The zero-order valence-electron chi connectivity index (χ0n) is 13.3. The summed E-state index contributed by atoms with van der Waals surface area (Å²) in [6.07, 6.45) is 1.43. The van der Waals surface area contributed by atoms with Crippen molar-refractivity contribution in [3.8, 4) is 0 Å². The molecule has 1 aromatic heterocycles. The van der Waals surface area contributed by atoms with Crippen molar-refractivity contribution in [2.75, 3.05) is 0 Å². The second-order valence-corrected chi connectivity index (χ2v) is 5.87. The fourth-order valence-electron chi connectivity index (χ4n) is 2.46. The van der Waals surface area contributed by atoms with Gasteiger partial charge in [0, 0.05) is 18.4 Å². The van der Waals surface area contributed by atoms with Gasteiger partial charge in [-0.15, -0.1) is 0 Å². The first-order valence-corrected chi connectivity index (χ1v) is 7.72. The second-order valence-electron chi connectivity index (χ2n) is 5.87. The summed E-state index contributed by atoms with van der Waals surface area (Å²) in [5.41, 5.74) is 0.526. The van der Waals surface area contributed by atoms with E-state index in [1.165, 1.54) is 12.3 Å². The van der Waals surface area contributed by atoms with Crippen LogP contribution in [0, 0.1) is 11.7 Å². The van der Waals surface area contributed by atoms with E-state index in [4.69, 9.17) is 4.42 Å². The van der Waals surface area contributed by atoms with Crippen LogP contribution in [0.4, 0.5) is 4.39 Å². The molecule has 0 fully saturated rings. The summed E-state index contributed by atoms with van der Waals surface area (Å²) in [6.45, 7) is 3.58. The Morgan fingerprint density at radius 2 is 2.00 bits per heavy atom. The Balaban J connectivity index is 1.84. The number of rotatable bonds is 7. The zero-order chi connectivity index (χ0) is 16.8. The summed E-state index contributed by atoms with van der Waals surface area (Å²) in [7, 11) is 0. The van der Waals surface area contributed by atoms with E-state index < -0.39 is 6.10 Å². The maximum Gasteiger partial charge on any atom is 0.223 e. The molecule has 5 heteroatoms. The van der Waals surface area contributed by atoms with Gasteiger partial charge in [-0.05, 0) is 37.1 Å². The van der Waals surface area contributed by atoms with Crippen LogP contribution in [0.2, 0.25) is 0 Å². The molecule has 0 spiro atoms. The van der Waals surface area contributed by atoms with Crippen molar-refractivity contribution >= 4 is 5.91 Å². The lowest BCUT2D eigenvalue weighted by atomic mass is 9.99. The van der Waals surface area contributed by atoms with Crippen molar-refractivity contribution in [2.45, 2.75) is 38.8 Å². The Hall–Kier alpha value is -2.14. The molecule has 0 aliphatic heterocycles. The highest BCUT2D eigenvalue weighted by Gasteiger charge is 2.20. The second kappa shape index (κ2) is 7.92. The van der Waals surface area contributed by atoms with Crippen LogP contribution in [0.25, 0.3) is 0 Å². The number of aliphatic hydroxyl groups excluding tert-OH is 1. The molecular weight excluding hydrogens is 297 g/mol. The number of carbonyl (C=O) groups is 1. The minimum Gasteiger partial charge on any atom is -0.467 e. The molecule has 0 aliphatic carbocycles. The van der Waals surface area contributed by atoms with E-state index >= 15 is 0 Å². The Bertz CT molecular complexity index is 627. The highest BCUT2D eigenvalue weighted by molar-refractivity contribution is 5.78. The number of halogens is 1. The highest BCUT2D eigenvalue weighted by atomic mass is 19.1. The first-order valence-electron chi connectivity index (χ1n) is 7.72. The van der Waals surface area contributed by atoms with Gasteiger partial charge >= 0.3 is 0 Å². The number of hydrogen-bond acceptors (Lipinski definition) is 3. The van der Waals surface area contributed by atoms with Crippen LogP contribution < -0.4 is 5.32 Å². The standard InChI is InChI=1S/C18H22FNO3/c1-12(10-14-6-3-4-7-15(14)19)18(22)20-13(2)11-16(21)17-8-5-9-23-17/h3-9,12-13,16,21H,10-11H2,1-2H3,(H,20,22). The van der Waals surface area contributed by atoms with Gasteiger partial charge in [-0.2, -0.15) is 0 Å². The largest absolute Gasteiger partial charge is 0.467 e. The third kappa shape index (κ3) is 4.93. The molecule has 3 unspecified atom stereocenters. The van der Waals surface area contributed by atoms with Crippen LogP contribution in [0.15, 0.2) is 47.1 Å². The Morgan fingerprint density at radius 3 is 2.65 bits per heavy atom. The summed E-state index contributed by atoms with van der Waals surface area (Å²) < 4.78 is 18.8. The van der Waals surface area contributed by atoms with Crippen molar-refractivity contribution in [3.63, 3.8) is 0 Å². The third-order valence-electron chi connectivity index (χ3n) is 3.77. The first kappa shape index (κ1) is 17.2. The first-order chi connectivity index (χ1) is 11.0. The van der Waals surface area contributed by atoms with E-state index in [0.717, 1.165) is 0 Å². The molecule has 0 aliphatic rings. The summed E-state index contributed by atoms with van der Waals surface area (Å²) in [4.78, 5) is 12.2. The Labute approximate surface area is 135 Å². The van der Waals surface area contributed by atoms with Crippen LogP contribution >= 0.6 is 0 Å². The van der Waals surface area contributed by atoms with Gasteiger partial charge in [0.2, 0.25) is 5.91 Å². The smallest absolute Gasteiger partial charge is 0.223 e. The highest BCUT2D eigenvalue weighted by Crippen LogP contribution is 2.19. The van der Waals surface area contributed by atoms with E-state index in [1.807, 2.05) is 6.92 Å². The molecule has 23 heavy (non-hydrogen) atoms. The van der Waals surface area contributed by atoms with E-state index in [0.29, 0.717) is 24.2 Å². The normalized spacial score (nSPS) is 15.0. The van der Waals surface area contributed by atoms with Crippen molar-refractivity contribution in [1.29, 1.82) is 0 Å². The molecular formula is C18H22FNO3. The van der Waals surface area contributed by atoms with Crippen LogP contribution in [-0.4, -0.2) is 17.1 Å². The van der Waals surface area contributed by atoms with Gasteiger partial charge in [0.15, 0.2) is 0 Å². The minimum atomic E-state index is -0.762. The van der Waals surface area contributed by atoms with Crippen LogP contribution in [0.5, 0.6) is 0 Å². The van der Waals surface area contributed by atoms with E-state index in [2.05, 4.69) is 5.32 Å². The van der Waals surface area contributed by atoms with Gasteiger partial charge in [0.1, 0.15) is 17.7 Å². The predicted molar refractivity (Wildman–Crippen MR) is 85.2 cm³/mol. The topological polar surface area (TPSA) is 62.5 Å². The molecule has 0 saturated carbocycles. The molecule has 0 radical (unpaired) electrons. The average Bonchev–Trinajstić information content (AvgIpc) is 3.03. The Kier molecular flexibility index (Phi) is 5.93. The number of furan rings is 1. The molecule has 0 bridgehead atoms. The number of aliphatic hydroxyl groups is 1. The van der Waals surface area contributed by atoms with Crippen molar-refractivity contribution < 1.29 is 18.7 Å². The van der Waals surface area contributed by atoms with Gasteiger partial charge < -0.3 is 14.8 Å². The van der Waals surface area contributed by atoms with Crippen molar-refractivity contribution in [2.24, 2.45) is 5.92 Å². The molecule has 3 atom stereocenters. The third-order valence-corrected chi connectivity index (χ3v) is 3.77. The number of amides is 1. The molecule has 2 rings (SSSR count).